The molecular formula is C27H28F3N7O2. The van der Waals surface area contributed by atoms with Gasteiger partial charge in [0, 0.05) is 27.2 Å². The molecule has 0 bridgehead atoms. The normalized spacial score (nSPS) is 14.3. The Hall–Kier alpha value is -4.37. The smallest absolute Gasteiger partial charge is 0.349 e. The topological polar surface area (TPSA) is 107 Å². The van der Waals surface area contributed by atoms with Crippen LogP contribution in [-0.2, 0) is 13.2 Å². The van der Waals surface area contributed by atoms with Crippen LogP contribution in [-0.4, -0.2) is 41.2 Å². The van der Waals surface area contributed by atoms with Crippen LogP contribution >= 0.6 is 0 Å². The minimum absolute atomic E-state index is 0.0525. The number of alkyl halides is 3. The fourth-order valence-corrected chi connectivity index (χ4v) is 4.85. The van der Waals surface area contributed by atoms with Crippen molar-refractivity contribution in [3.05, 3.63) is 81.3 Å². The number of nitrogens with one attached hydrogen (secondary N) is 2. The maximum absolute atomic E-state index is 13.8. The number of aliphatic imine (C=N–C) groups is 1. The number of benzene rings is 2. The third-order valence-electron chi connectivity index (χ3n) is 6.72. The van der Waals surface area contributed by atoms with Gasteiger partial charge in [-0.3, -0.25) is 24.3 Å². The molecule has 1 aliphatic rings. The third kappa shape index (κ3) is 5.44. The molecule has 1 heterocycles. The number of amidine groups is 1. The molecule has 1 saturated carbocycles. The third-order valence-corrected chi connectivity index (χ3v) is 6.72. The predicted octanol–water partition coefficient (Wildman–Crippen LogP) is 3.76. The Morgan fingerprint density at radius 3 is 2.38 bits per heavy atom. The van der Waals surface area contributed by atoms with Crippen molar-refractivity contribution in [1.82, 2.24) is 20.1 Å². The molecule has 2 aromatic carbocycles. The van der Waals surface area contributed by atoms with E-state index in [-0.39, 0.29) is 28.8 Å². The lowest BCUT2D eigenvalue weighted by molar-refractivity contribution is -0.137. The SMILES string of the molecule is CN=C(c1c(C(=O)NC2CCCC2)c(=O)n(-c2cccc(C(F)(F)F)c2)n1C)N(NC)c1ccc(C#N)cc1. The fourth-order valence-electron chi connectivity index (χ4n) is 4.85. The second-order valence-corrected chi connectivity index (χ2v) is 9.13. The Balaban J connectivity index is 1.92. The largest absolute Gasteiger partial charge is 0.416 e. The molecule has 12 heteroatoms. The van der Waals surface area contributed by atoms with E-state index in [2.05, 4.69) is 15.7 Å². The number of anilines is 1. The van der Waals surface area contributed by atoms with Gasteiger partial charge in [0.25, 0.3) is 11.5 Å². The van der Waals surface area contributed by atoms with E-state index in [4.69, 9.17) is 5.26 Å². The summed E-state index contributed by atoms with van der Waals surface area (Å²) in [4.78, 5) is 31.7. The number of halogens is 3. The van der Waals surface area contributed by atoms with E-state index >= 15 is 0 Å². The Morgan fingerprint density at radius 2 is 1.82 bits per heavy atom. The van der Waals surface area contributed by atoms with Crippen molar-refractivity contribution >= 4 is 17.4 Å². The lowest BCUT2D eigenvalue weighted by Crippen LogP contribution is -2.44. The summed E-state index contributed by atoms with van der Waals surface area (Å²) >= 11 is 0. The summed E-state index contributed by atoms with van der Waals surface area (Å²) in [6.07, 6.45) is -1.16. The maximum Gasteiger partial charge on any atom is 0.416 e. The van der Waals surface area contributed by atoms with Crippen LogP contribution in [0.25, 0.3) is 5.69 Å². The highest BCUT2D eigenvalue weighted by atomic mass is 19.4. The zero-order valence-corrected chi connectivity index (χ0v) is 21.7. The first-order chi connectivity index (χ1) is 18.6. The first kappa shape index (κ1) is 27.7. The van der Waals surface area contributed by atoms with Gasteiger partial charge < -0.3 is 5.32 Å². The van der Waals surface area contributed by atoms with Crippen molar-refractivity contribution in [3.63, 3.8) is 0 Å². The lowest BCUT2D eigenvalue weighted by Gasteiger charge is -2.26. The Kier molecular flexibility index (Phi) is 7.92. The number of rotatable bonds is 6. The van der Waals surface area contributed by atoms with E-state index in [0.29, 0.717) is 11.3 Å². The number of carbonyl (C=O) groups excluding carboxylic acids is 1. The van der Waals surface area contributed by atoms with Gasteiger partial charge in [-0.2, -0.15) is 18.4 Å². The molecule has 1 fully saturated rings. The van der Waals surface area contributed by atoms with E-state index < -0.39 is 23.2 Å². The molecule has 9 nitrogen and oxygen atoms in total. The number of hydrogen-bond donors (Lipinski definition) is 2. The van der Waals surface area contributed by atoms with Crippen molar-refractivity contribution in [3.8, 4) is 11.8 Å². The summed E-state index contributed by atoms with van der Waals surface area (Å²) in [6, 6.07) is 12.8. The van der Waals surface area contributed by atoms with Gasteiger partial charge in [0.1, 0.15) is 11.3 Å². The van der Waals surface area contributed by atoms with Crippen LogP contribution < -0.4 is 21.3 Å². The van der Waals surface area contributed by atoms with Crippen molar-refractivity contribution in [1.29, 1.82) is 5.26 Å². The van der Waals surface area contributed by atoms with Gasteiger partial charge in [0.2, 0.25) is 0 Å². The molecule has 1 aromatic heterocycles. The average Bonchev–Trinajstić information content (AvgIpc) is 3.52. The quantitative estimate of drug-likeness (QED) is 0.282. The van der Waals surface area contributed by atoms with Gasteiger partial charge in [-0.1, -0.05) is 18.9 Å². The second-order valence-electron chi connectivity index (χ2n) is 9.13. The number of aromatic nitrogens is 2. The van der Waals surface area contributed by atoms with Gasteiger partial charge in [-0.25, -0.2) is 10.1 Å². The van der Waals surface area contributed by atoms with Gasteiger partial charge in [0.15, 0.2) is 5.84 Å². The molecular weight excluding hydrogens is 511 g/mol. The Bertz CT molecular complexity index is 1490. The molecule has 0 saturated heterocycles. The first-order valence-corrected chi connectivity index (χ1v) is 12.4. The van der Waals surface area contributed by atoms with Crippen molar-refractivity contribution in [2.24, 2.45) is 12.0 Å². The summed E-state index contributed by atoms with van der Waals surface area (Å²) in [6.45, 7) is 0. The monoisotopic (exact) mass is 539 g/mol. The summed E-state index contributed by atoms with van der Waals surface area (Å²) in [5.41, 5.74) is 2.08. The van der Waals surface area contributed by atoms with Crippen LogP contribution in [0.4, 0.5) is 18.9 Å². The number of hydrogen-bond acceptors (Lipinski definition) is 5. The highest BCUT2D eigenvalue weighted by Crippen LogP contribution is 2.30. The molecule has 1 amide bonds. The first-order valence-electron chi connectivity index (χ1n) is 12.4. The van der Waals surface area contributed by atoms with Gasteiger partial charge >= 0.3 is 6.18 Å². The molecule has 3 aromatic rings. The highest BCUT2D eigenvalue weighted by molar-refractivity contribution is 6.14. The van der Waals surface area contributed by atoms with Crippen molar-refractivity contribution in [2.75, 3.05) is 19.1 Å². The Labute approximate surface area is 223 Å². The van der Waals surface area contributed by atoms with Gasteiger partial charge in [-0.05, 0) is 55.3 Å². The van der Waals surface area contributed by atoms with E-state index in [0.717, 1.165) is 42.5 Å². The summed E-state index contributed by atoms with van der Waals surface area (Å²) in [5, 5.41) is 13.6. The summed E-state index contributed by atoms with van der Waals surface area (Å²) in [5.74, 6) is -0.454. The molecule has 204 valence electrons. The lowest BCUT2D eigenvalue weighted by atomic mass is 10.1. The summed E-state index contributed by atoms with van der Waals surface area (Å²) in [7, 11) is 4.58. The van der Waals surface area contributed by atoms with Crippen LogP contribution in [0.2, 0.25) is 0 Å². The molecule has 0 unspecified atom stereocenters. The number of hydrazine groups is 1. The number of amides is 1. The number of carbonyl (C=O) groups is 1. The minimum atomic E-state index is -4.62. The van der Waals surface area contributed by atoms with Crippen LogP contribution in [0.5, 0.6) is 0 Å². The number of nitrogens with zero attached hydrogens (tertiary/aromatic N) is 5. The molecule has 0 atom stereocenters. The van der Waals surface area contributed by atoms with Crippen molar-refractivity contribution < 1.29 is 18.0 Å². The van der Waals surface area contributed by atoms with Gasteiger partial charge in [-0.15, -0.1) is 0 Å². The fraction of sp³-hybridized carbons (Fsp3) is 0.333. The Morgan fingerprint density at radius 1 is 1.15 bits per heavy atom. The van der Waals surface area contributed by atoms with E-state index in [1.807, 2.05) is 6.07 Å². The zero-order valence-electron chi connectivity index (χ0n) is 21.7. The molecule has 39 heavy (non-hydrogen) atoms. The predicted molar refractivity (Wildman–Crippen MR) is 141 cm³/mol. The average molecular weight is 540 g/mol. The molecule has 1 aliphatic carbocycles. The molecule has 0 radical (unpaired) electrons. The van der Waals surface area contributed by atoms with Gasteiger partial charge in [0.05, 0.1) is 28.6 Å². The zero-order chi connectivity index (χ0) is 28.3. The summed E-state index contributed by atoms with van der Waals surface area (Å²) < 4.78 is 42.8. The van der Waals surface area contributed by atoms with Crippen LogP contribution in [0, 0.1) is 11.3 Å². The maximum atomic E-state index is 13.8. The van der Waals surface area contributed by atoms with E-state index in [1.165, 1.54) is 35.9 Å². The van der Waals surface area contributed by atoms with Crippen LogP contribution in [0.1, 0.15) is 52.9 Å². The van der Waals surface area contributed by atoms with Crippen LogP contribution in [0.15, 0.2) is 58.3 Å². The molecule has 2 N–H and O–H groups in total. The van der Waals surface area contributed by atoms with E-state index in [9.17, 15) is 22.8 Å². The second kappa shape index (κ2) is 11.2. The van der Waals surface area contributed by atoms with Crippen LogP contribution in [0.3, 0.4) is 0 Å². The highest BCUT2D eigenvalue weighted by Gasteiger charge is 2.34. The van der Waals surface area contributed by atoms with Crippen molar-refractivity contribution in [2.45, 2.75) is 37.9 Å². The molecule has 0 spiro atoms. The van der Waals surface area contributed by atoms with E-state index in [1.54, 1.807) is 31.3 Å². The molecule has 4 rings (SSSR count). The molecule has 0 aliphatic heterocycles. The number of nitriles is 1. The standard InChI is InChI=1S/C27H28F3N7O2/c1-32-24(36(33-2)20-13-11-17(16-31)12-14-20)23-22(25(38)34-19-8-4-5-9-19)26(39)37(35(23)3)21-10-6-7-18(15-21)27(28,29)30/h6-7,10-15,19,33H,4-5,8-9H2,1-3H3,(H,34,38). The minimum Gasteiger partial charge on any atom is -0.349 e.